The van der Waals surface area contributed by atoms with E-state index in [1.54, 1.807) is 4.31 Å². The third-order valence-electron chi connectivity index (χ3n) is 5.09. The molecular weight excluding hydrogens is 318 g/mol. The lowest BCUT2D eigenvalue weighted by molar-refractivity contribution is -0.142. The predicted molar refractivity (Wildman–Crippen MR) is 88.3 cm³/mol. The fourth-order valence-electron chi connectivity index (χ4n) is 3.52. The van der Waals surface area contributed by atoms with E-state index in [0.717, 1.165) is 26.1 Å². The molecule has 2 saturated heterocycles. The zero-order valence-corrected chi connectivity index (χ0v) is 15.0. The van der Waals surface area contributed by atoms with Crippen LogP contribution in [0.4, 0.5) is 0 Å². The summed E-state index contributed by atoms with van der Waals surface area (Å²) < 4.78 is 28.7. The molecule has 0 aliphatic carbocycles. The number of aliphatic carboxylic acids is 1. The highest BCUT2D eigenvalue weighted by molar-refractivity contribution is 7.86. The molecule has 8 heteroatoms. The van der Waals surface area contributed by atoms with Crippen molar-refractivity contribution in [2.75, 3.05) is 45.8 Å². The molecule has 23 heavy (non-hydrogen) atoms. The van der Waals surface area contributed by atoms with Crippen LogP contribution in [-0.2, 0) is 15.0 Å². The average Bonchev–Trinajstić information content (AvgIpc) is 3.00. The Hall–Kier alpha value is -0.700. The number of nitrogens with zero attached hydrogens (tertiary/aromatic N) is 3. The van der Waals surface area contributed by atoms with E-state index in [4.69, 9.17) is 5.11 Å². The van der Waals surface area contributed by atoms with Crippen molar-refractivity contribution in [1.82, 2.24) is 13.5 Å². The lowest BCUT2D eigenvalue weighted by atomic mass is 9.99. The Bertz CT molecular complexity index is 503. The third kappa shape index (κ3) is 4.43. The van der Waals surface area contributed by atoms with E-state index >= 15 is 0 Å². The highest BCUT2D eigenvalue weighted by Crippen LogP contribution is 2.24. The lowest BCUT2D eigenvalue weighted by Gasteiger charge is -2.34. The van der Waals surface area contributed by atoms with Crippen LogP contribution in [0.15, 0.2) is 0 Å². The summed E-state index contributed by atoms with van der Waals surface area (Å²) in [6.45, 7) is 8.66. The molecule has 2 aliphatic rings. The monoisotopic (exact) mass is 347 g/mol. The highest BCUT2D eigenvalue weighted by atomic mass is 32.2. The molecule has 2 aliphatic heterocycles. The largest absolute Gasteiger partial charge is 0.481 e. The standard InChI is InChI=1S/C15H29N3O4S/c1-3-16-8-5-13(11-16)12-17(4-2)23(21,22)18-9-6-14(7-10-18)15(19)20/h13-14H,3-12H2,1-2H3,(H,19,20). The summed E-state index contributed by atoms with van der Waals surface area (Å²) in [6.07, 6.45) is 1.85. The molecule has 2 rings (SSSR count). The van der Waals surface area contributed by atoms with Crippen molar-refractivity contribution in [3.8, 4) is 0 Å². The van der Waals surface area contributed by atoms with Gasteiger partial charge in [0, 0.05) is 32.7 Å². The van der Waals surface area contributed by atoms with Crippen molar-refractivity contribution in [3.63, 3.8) is 0 Å². The molecule has 7 nitrogen and oxygen atoms in total. The fourth-order valence-corrected chi connectivity index (χ4v) is 5.24. The molecule has 0 aromatic carbocycles. The second-order valence-corrected chi connectivity index (χ2v) is 8.45. The van der Waals surface area contributed by atoms with Crippen LogP contribution in [0.5, 0.6) is 0 Å². The van der Waals surface area contributed by atoms with Crippen LogP contribution < -0.4 is 0 Å². The summed E-state index contributed by atoms with van der Waals surface area (Å²) in [5, 5.41) is 9.04. The second-order valence-electron chi connectivity index (χ2n) is 6.52. The summed E-state index contributed by atoms with van der Waals surface area (Å²) in [5.74, 6) is -0.842. The smallest absolute Gasteiger partial charge is 0.306 e. The van der Waals surface area contributed by atoms with Crippen LogP contribution in [0.1, 0.15) is 33.1 Å². The minimum atomic E-state index is -3.48. The summed E-state index contributed by atoms with van der Waals surface area (Å²) >= 11 is 0. The molecule has 2 fully saturated rings. The van der Waals surface area contributed by atoms with Gasteiger partial charge >= 0.3 is 5.97 Å². The van der Waals surface area contributed by atoms with Crippen molar-refractivity contribution in [3.05, 3.63) is 0 Å². The normalized spacial score (nSPS) is 25.3. The van der Waals surface area contributed by atoms with E-state index in [9.17, 15) is 13.2 Å². The zero-order chi connectivity index (χ0) is 17.0. The van der Waals surface area contributed by atoms with E-state index in [-0.39, 0.29) is 0 Å². The van der Waals surface area contributed by atoms with E-state index < -0.39 is 22.1 Å². The summed E-state index contributed by atoms with van der Waals surface area (Å²) in [4.78, 5) is 13.4. The number of rotatable bonds is 7. The molecule has 1 N–H and O–H groups in total. The van der Waals surface area contributed by atoms with Crippen LogP contribution in [0.2, 0.25) is 0 Å². The maximum atomic E-state index is 12.8. The van der Waals surface area contributed by atoms with Crippen LogP contribution in [-0.4, -0.2) is 78.8 Å². The average molecular weight is 347 g/mol. The van der Waals surface area contributed by atoms with Gasteiger partial charge in [0.15, 0.2) is 0 Å². The maximum absolute atomic E-state index is 12.8. The molecule has 0 aromatic rings. The van der Waals surface area contributed by atoms with Gasteiger partial charge in [-0.05, 0) is 38.3 Å². The molecule has 0 radical (unpaired) electrons. The van der Waals surface area contributed by atoms with E-state index in [2.05, 4.69) is 11.8 Å². The Labute approximate surface area is 139 Å². The number of likely N-dealkylation sites (tertiary alicyclic amines) is 1. The number of carboxylic acids is 1. The molecule has 0 aromatic heterocycles. The Balaban J connectivity index is 1.95. The Morgan fingerprint density at radius 2 is 1.83 bits per heavy atom. The predicted octanol–water partition coefficient (Wildman–Crippen LogP) is 0.692. The molecule has 0 saturated carbocycles. The first-order valence-electron chi connectivity index (χ1n) is 8.58. The SMILES string of the molecule is CCN1CCC(CN(CC)S(=O)(=O)N2CCC(C(=O)O)CC2)C1. The van der Waals surface area contributed by atoms with Gasteiger partial charge in [-0.3, -0.25) is 4.79 Å². The molecule has 1 atom stereocenters. The minimum Gasteiger partial charge on any atom is -0.481 e. The van der Waals surface area contributed by atoms with Crippen molar-refractivity contribution in [2.45, 2.75) is 33.1 Å². The van der Waals surface area contributed by atoms with Crippen molar-refractivity contribution in [1.29, 1.82) is 0 Å². The zero-order valence-electron chi connectivity index (χ0n) is 14.1. The topological polar surface area (TPSA) is 81.2 Å². The van der Waals surface area contributed by atoms with E-state index in [1.165, 1.54) is 4.31 Å². The maximum Gasteiger partial charge on any atom is 0.306 e. The van der Waals surface area contributed by atoms with Crippen molar-refractivity contribution < 1.29 is 18.3 Å². The van der Waals surface area contributed by atoms with Gasteiger partial charge in [0.2, 0.25) is 0 Å². The number of carbonyl (C=O) groups is 1. The Morgan fingerprint density at radius 1 is 1.17 bits per heavy atom. The quantitative estimate of drug-likeness (QED) is 0.733. The molecule has 0 spiro atoms. The van der Waals surface area contributed by atoms with Crippen LogP contribution in [0.25, 0.3) is 0 Å². The molecular formula is C15H29N3O4S. The third-order valence-corrected chi connectivity index (χ3v) is 7.17. The first-order chi connectivity index (χ1) is 10.9. The van der Waals surface area contributed by atoms with Gasteiger partial charge in [0.25, 0.3) is 10.2 Å². The molecule has 0 bridgehead atoms. The number of piperidine rings is 1. The van der Waals surface area contributed by atoms with Crippen LogP contribution in [0, 0.1) is 11.8 Å². The lowest BCUT2D eigenvalue weighted by Crippen LogP contribution is -2.49. The van der Waals surface area contributed by atoms with Gasteiger partial charge < -0.3 is 10.0 Å². The first-order valence-corrected chi connectivity index (χ1v) is 9.98. The molecule has 2 heterocycles. The summed E-state index contributed by atoms with van der Waals surface area (Å²) in [5.41, 5.74) is 0. The Morgan fingerprint density at radius 3 is 2.30 bits per heavy atom. The number of hydrogen-bond donors (Lipinski definition) is 1. The van der Waals surface area contributed by atoms with Gasteiger partial charge in [0.1, 0.15) is 0 Å². The summed E-state index contributed by atoms with van der Waals surface area (Å²) in [6, 6.07) is 0. The van der Waals surface area contributed by atoms with Crippen molar-refractivity contribution in [2.24, 2.45) is 11.8 Å². The van der Waals surface area contributed by atoms with Gasteiger partial charge in [0.05, 0.1) is 5.92 Å². The number of hydrogen-bond acceptors (Lipinski definition) is 4. The van der Waals surface area contributed by atoms with Gasteiger partial charge in [-0.2, -0.15) is 17.0 Å². The Kier molecular flexibility index (Phi) is 6.41. The van der Waals surface area contributed by atoms with Gasteiger partial charge in [-0.25, -0.2) is 0 Å². The van der Waals surface area contributed by atoms with Crippen LogP contribution in [0.3, 0.4) is 0 Å². The summed E-state index contributed by atoms with van der Waals surface area (Å²) in [7, 11) is -3.48. The minimum absolute atomic E-state index is 0.307. The highest BCUT2D eigenvalue weighted by Gasteiger charge is 2.35. The fraction of sp³-hybridized carbons (Fsp3) is 0.933. The van der Waals surface area contributed by atoms with E-state index in [0.29, 0.717) is 44.9 Å². The molecule has 134 valence electrons. The van der Waals surface area contributed by atoms with Gasteiger partial charge in [-0.15, -0.1) is 0 Å². The number of carboxylic acid groups (broad SMARTS) is 1. The van der Waals surface area contributed by atoms with E-state index in [1.807, 2.05) is 6.92 Å². The second kappa shape index (κ2) is 7.92. The molecule has 1 unspecified atom stereocenters. The van der Waals surface area contributed by atoms with Crippen molar-refractivity contribution >= 4 is 16.2 Å². The first kappa shape index (κ1) is 18.6. The van der Waals surface area contributed by atoms with Crippen LogP contribution >= 0.6 is 0 Å². The van der Waals surface area contributed by atoms with Gasteiger partial charge in [-0.1, -0.05) is 13.8 Å². The molecule has 0 amide bonds.